The van der Waals surface area contributed by atoms with Crippen LogP contribution in [-0.4, -0.2) is 28.7 Å². The normalized spacial score (nSPS) is 16.7. The molecule has 2 rings (SSSR count). The van der Waals surface area contributed by atoms with Gasteiger partial charge in [0, 0.05) is 22.7 Å². The fraction of sp³-hybridized carbons (Fsp3) is 0.412. The van der Waals surface area contributed by atoms with Gasteiger partial charge in [0.15, 0.2) is 0 Å². The van der Waals surface area contributed by atoms with Gasteiger partial charge in [-0.3, -0.25) is 0 Å². The molecule has 0 aromatic heterocycles. The number of nitrogens with two attached hydrogens (primary N) is 1. The molecule has 1 aliphatic rings. The highest BCUT2D eigenvalue weighted by Crippen LogP contribution is 2.33. The molecule has 6 heteroatoms. The SMILES string of the molecule is CCC(=N)C1=C(N)C(C)(C)N(C(=O)Nc2cc(F)ccc2C)C1. The number of nitrogens with one attached hydrogen (secondary N) is 2. The third-order valence-electron chi connectivity index (χ3n) is 4.38. The summed E-state index contributed by atoms with van der Waals surface area (Å²) in [6.07, 6.45) is 0.560. The number of hydrogen-bond acceptors (Lipinski definition) is 3. The Morgan fingerprint density at radius 3 is 2.74 bits per heavy atom. The second-order valence-electron chi connectivity index (χ2n) is 6.26. The number of hydrogen-bond donors (Lipinski definition) is 3. The van der Waals surface area contributed by atoms with Crippen molar-refractivity contribution in [3.8, 4) is 0 Å². The van der Waals surface area contributed by atoms with Gasteiger partial charge in [0.2, 0.25) is 0 Å². The van der Waals surface area contributed by atoms with E-state index >= 15 is 0 Å². The summed E-state index contributed by atoms with van der Waals surface area (Å²) in [6.45, 7) is 7.65. The fourth-order valence-corrected chi connectivity index (χ4v) is 2.66. The standard InChI is InChI=1S/C17H23FN4O/c1-5-13(19)12-9-22(17(3,4)15(12)20)16(23)21-14-8-11(18)7-6-10(14)2/h6-8,19H,5,9,20H2,1-4H3,(H,21,23). The molecule has 1 heterocycles. The van der Waals surface area contributed by atoms with E-state index in [1.807, 2.05) is 20.8 Å². The first-order valence-electron chi connectivity index (χ1n) is 7.60. The van der Waals surface area contributed by atoms with Crippen LogP contribution in [0, 0.1) is 18.2 Å². The van der Waals surface area contributed by atoms with E-state index in [2.05, 4.69) is 5.32 Å². The maximum Gasteiger partial charge on any atom is 0.322 e. The Bertz CT molecular complexity index is 694. The highest BCUT2D eigenvalue weighted by atomic mass is 19.1. The van der Waals surface area contributed by atoms with Crippen LogP contribution in [0.15, 0.2) is 29.5 Å². The van der Waals surface area contributed by atoms with E-state index in [1.165, 1.54) is 12.1 Å². The Kier molecular flexibility index (Phi) is 4.45. The molecule has 0 bridgehead atoms. The third kappa shape index (κ3) is 3.06. The number of anilines is 1. The number of benzene rings is 1. The van der Waals surface area contributed by atoms with Gasteiger partial charge in [-0.05, 0) is 44.9 Å². The fourth-order valence-electron chi connectivity index (χ4n) is 2.66. The van der Waals surface area contributed by atoms with Gasteiger partial charge >= 0.3 is 6.03 Å². The summed E-state index contributed by atoms with van der Waals surface area (Å²) >= 11 is 0. The topological polar surface area (TPSA) is 82.2 Å². The molecule has 0 atom stereocenters. The van der Waals surface area contributed by atoms with Crippen molar-refractivity contribution < 1.29 is 9.18 Å². The Morgan fingerprint density at radius 1 is 1.48 bits per heavy atom. The summed E-state index contributed by atoms with van der Waals surface area (Å²) in [5, 5.41) is 10.8. The number of aryl methyl sites for hydroxylation is 1. The predicted octanol–water partition coefficient (Wildman–Crippen LogP) is 3.40. The first kappa shape index (κ1) is 17.0. The number of nitrogens with zero attached hydrogens (tertiary/aromatic N) is 1. The average molecular weight is 318 g/mol. The summed E-state index contributed by atoms with van der Waals surface area (Å²) < 4.78 is 13.4. The van der Waals surface area contributed by atoms with E-state index < -0.39 is 11.4 Å². The molecule has 0 aliphatic carbocycles. The zero-order valence-corrected chi connectivity index (χ0v) is 14.0. The van der Waals surface area contributed by atoms with Gasteiger partial charge in [-0.1, -0.05) is 13.0 Å². The molecule has 0 spiro atoms. The molecule has 0 saturated heterocycles. The van der Waals surface area contributed by atoms with Gasteiger partial charge in [0.1, 0.15) is 5.82 Å². The zero-order valence-electron chi connectivity index (χ0n) is 14.0. The monoisotopic (exact) mass is 318 g/mol. The number of rotatable bonds is 3. The van der Waals surface area contributed by atoms with E-state index in [1.54, 1.807) is 17.9 Å². The molecule has 2 amide bonds. The Hall–Kier alpha value is -2.37. The molecule has 23 heavy (non-hydrogen) atoms. The van der Waals surface area contributed by atoms with Crippen LogP contribution in [0.25, 0.3) is 0 Å². The smallest absolute Gasteiger partial charge is 0.322 e. The second-order valence-corrected chi connectivity index (χ2v) is 6.26. The lowest BCUT2D eigenvalue weighted by atomic mass is 9.98. The lowest BCUT2D eigenvalue weighted by Gasteiger charge is -2.33. The maximum absolute atomic E-state index is 13.4. The van der Waals surface area contributed by atoms with Gasteiger partial charge in [0.05, 0.1) is 12.1 Å². The van der Waals surface area contributed by atoms with Gasteiger partial charge in [-0.2, -0.15) is 0 Å². The van der Waals surface area contributed by atoms with E-state index in [-0.39, 0.29) is 12.6 Å². The highest BCUT2D eigenvalue weighted by molar-refractivity contribution is 6.01. The van der Waals surface area contributed by atoms with Crippen LogP contribution in [0.3, 0.4) is 0 Å². The van der Waals surface area contributed by atoms with Crippen molar-refractivity contribution in [3.63, 3.8) is 0 Å². The van der Waals surface area contributed by atoms with Crippen molar-refractivity contribution in [2.75, 3.05) is 11.9 Å². The Morgan fingerprint density at radius 2 is 2.13 bits per heavy atom. The van der Waals surface area contributed by atoms with Crippen molar-refractivity contribution in [1.29, 1.82) is 5.41 Å². The first-order chi connectivity index (χ1) is 10.7. The molecule has 4 N–H and O–H groups in total. The molecule has 5 nitrogen and oxygen atoms in total. The summed E-state index contributed by atoms with van der Waals surface area (Å²) in [6, 6.07) is 3.91. The minimum atomic E-state index is -0.692. The summed E-state index contributed by atoms with van der Waals surface area (Å²) in [5.74, 6) is -0.405. The van der Waals surface area contributed by atoms with Crippen LogP contribution < -0.4 is 11.1 Å². The van der Waals surface area contributed by atoms with E-state index in [0.717, 1.165) is 5.56 Å². The number of carbonyl (C=O) groups excluding carboxylic acids is 1. The zero-order chi connectivity index (χ0) is 17.4. The summed E-state index contributed by atoms with van der Waals surface area (Å²) in [4.78, 5) is 14.2. The lowest BCUT2D eigenvalue weighted by molar-refractivity contribution is 0.184. The van der Waals surface area contributed by atoms with E-state index in [4.69, 9.17) is 11.1 Å². The van der Waals surface area contributed by atoms with E-state index in [0.29, 0.717) is 29.1 Å². The second kappa shape index (κ2) is 6.02. The Labute approximate surface area is 135 Å². The average Bonchev–Trinajstić information content (AvgIpc) is 2.73. The van der Waals surface area contributed by atoms with Gasteiger partial charge in [0.25, 0.3) is 0 Å². The molecular formula is C17H23FN4O. The molecule has 0 fully saturated rings. The van der Waals surface area contributed by atoms with Crippen molar-refractivity contribution in [2.24, 2.45) is 5.73 Å². The highest BCUT2D eigenvalue weighted by Gasteiger charge is 2.42. The van der Waals surface area contributed by atoms with Crippen LogP contribution in [0.5, 0.6) is 0 Å². The van der Waals surface area contributed by atoms with Gasteiger partial charge in [-0.15, -0.1) is 0 Å². The third-order valence-corrected chi connectivity index (χ3v) is 4.38. The first-order valence-corrected chi connectivity index (χ1v) is 7.60. The Balaban J connectivity index is 2.24. The van der Waals surface area contributed by atoms with Gasteiger partial charge in [-0.25, -0.2) is 9.18 Å². The molecular weight excluding hydrogens is 295 g/mol. The molecule has 0 unspecified atom stereocenters. The molecule has 0 radical (unpaired) electrons. The number of urea groups is 1. The molecule has 1 aromatic rings. The maximum atomic E-state index is 13.4. The van der Waals surface area contributed by atoms with Crippen molar-refractivity contribution in [3.05, 3.63) is 40.8 Å². The van der Waals surface area contributed by atoms with Crippen molar-refractivity contribution >= 4 is 17.4 Å². The van der Waals surface area contributed by atoms with Crippen LogP contribution in [0.1, 0.15) is 32.8 Å². The predicted molar refractivity (Wildman–Crippen MR) is 90.2 cm³/mol. The summed E-state index contributed by atoms with van der Waals surface area (Å²) in [7, 11) is 0. The van der Waals surface area contributed by atoms with Crippen molar-refractivity contribution in [1.82, 2.24) is 4.90 Å². The van der Waals surface area contributed by atoms with E-state index in [9.17, 15) is 9.18 Å². The van der Waals surface area contributed by atoms with Crippen LogP contribution in [-0.2, 0) is 0 Å². The van der Waals surface area contributed by atoms with Crippen LogP contribution >= 0.6 is 0 Å². The largest absolute Gasteiger partial charge is 0.400 e. The minimum absolute atomic E-state index is 0.283. The molecule has 1 aliphatic heterocycles. The lowest BCUT2D eigenvalue weighted by Crippen LogP contribution is -2.48. The summed E-state index contributed by atoms with van der Waals surface area (Å²) in [5.41, 5.74) is 8.36. The number of halogens is 1. The molecule has 1 aromatic carbocycles. The number of carbonyl (C=O) groups is 1. The molecule has 124 valence electrons. The minimum Gasteiger partial charge on any atom is -0.400 e. The van der Waals surface area contributed by atoms with Crippen LogP contribution in [0.4, 0.5) is 14.9 Å². The quantitative estimate of drug-likeness (QED) is 0.746. The number of amides is 2. The van der Waals surface area contributed by atoms with Crippen molar-refractivity contribution in [2.45, 2.75) is 39.7 Å². The molecule has 0 saturated carbocycles. The van der Waals surface area contributed by atoms with Gasteiger partial charge < -0.3 is 21.4 Å². The van der Waals surface area contributed by atoms with Crippen LogP contribution in [0.2, 0.25) is 0 Å².